The molecule has 284 valence electrons. The van der Waals surface area contributed by atoms with Crippen molar-refractivity contribution in [2.24, 2.45) is 0 Å². The maximum absolute atomic E-state index is 13.2. The molecule has 0 fully saturated rings. The van der Waals surface area contributed by atoms with Crippen molar-refractivity contribution in [2.45, 2.75) is 69.6 Å². The largest absolute Gasteiger partial charge is 0.748 e. The number of rotatable bonds is 15. The molecule has 15 nitrogen and oxygen atoms in total. The van der Waals surface area contributed by atoms with Crippen LogP contribution in [0.2, 0.25) is 0 Å². The van der Waals surface area contributed by atoms with E-state index in [1.807, 2.05) is 25.3 Å². The second kappa shape index (κ2) is 14.8. The molecular weight excluding hydrogens is 741 g/mol. The van der Waals surface area contributed by atoms with Crippen LogP contribution in [0.3, 0.4) is 0 Å². The van der Waals surface area contributed by atoms with Gasteiger partial charge in [0.25, 0.3) is 20.2 Å². The fourth-order valence-electron chi connectivity index (χ4n) is 6.96. The van der Waals surface area contributed by atoms with E-state index in [2.05, 4.69) is 0 Å². The number of aromatic carboxylic acids is 1. The summed E-state index contributed by atoms with van der Waals surface area (Å²) in [5, 5.41) is 10.1. The summed E-state index contributed by atoms with van der Waals surface area (Å²) in [6, 6.07) is 7.04. The summed E-state index contributed by atoms with van der Waals surface area (Å²) in [5.74, 6) is -3.27. The maximum Gasteiger partial charge on any atom is 0.338 e. The number of hydrogen-bond donors (Lipinski definition) is 3. The number of hydrogen-bond acceptors (Lipinski definition) is 11. The van der Waals surface area contributed by atoms with Gasteiger partial charge in [-0.15, -0.1) is 0 Å². The Kier molecular flexibility index (Phi) is 11.6. The Bertz CT molecular complexity index is 2220. The number of anilines is 1. The average molecular weight is 783 g/mol. The molecule has 0 unspecified atom stereocenters. The highest BCUT2D eigenvalue weighted by Gasteiger charge is 2.47. The Morgan fingerprint density at radius 1 is 0.942 bits per heavy atom. The number of allylic oxidation sites excluding steroid dienone is 4. The van der Waals surface area contributed by atoms with Crippen LogP contribution in [0.25, 0.3) is 0 Å². The molecule has 0 spiro atoms. The lowest BCUT2D eigenvalue weighted by molar-refractivity contribution is -0.437. The molecule has 0 radical (unpaired) electrons. The van der Waals surface area contributed by atoms with Crippen molar-refractivity contribution in [3.63, 3.8) is 0 Å². The first-order valence-corrected chi connectivity index (χ1v) is 20.9. The number of carboxylic acid groups (broad SMARTS) is 1. The first-order chi connectivity index (χ1) is 23.9. The molecule has 0 aliphatic carbocycles. The number of nitrogens with zero attached hydrogens (tertiary/aromatic N) is 2. The molecule has 0 saturated carbocycles. The van der Waals surface area contributed by atoms with Crippen molar-refractivity contribution >= 4 is 59.4 Å². The third-order valence-electron chi connectivity index (χ3n) is 9.08. The molecule has 52 heavy (non-hydrogen) atoms. The number of carboxylic acids is 1. The van der Waals surface area contributed by atoms with Gasteiger partial charge in [-0.2, -0.15) is 21.4 Å². The van der Waals surface area contributed by atoms with Crippen molar-refractivity contribution in [2.75, 3.05) is 36.1 Å². The van der Waals surface area contributed by atoms with E-state index in [1.165, 1.54) is 4.90 Å². The summed E-state index contributed by atoms with van der Waals surface area (Å²) in [7, 11) is -13.8. The Balaban J connectivity index is 1.90. The highest BCUT2D eigenvalue weighted by Crippen LogP contribution is 2.50. The van der Waals surface area contributed by atoms with Gasteiger partial charge in [-0.1, -0.05) is 32.9 Å². The van der Waals surface area contributed by atoms with Crippen LogP contribution in [-0.4, -0.2) is 97.4 Å². The molecular formula is C34H42N2O13S3. The number of carbonyl (C=O) groups excluding carboxylic acids is 1. The highest BCUT2D eigenvalue weighted by molar-refractivity contribution is 7.86. The van der Waals surface area contributed by atoms with Crippen molar-refractivity contribution in [1.82, 2.24) is 0 Å². The predicted octanol–water partition coefficient (Wildman–Crippen LogP) is 4.03. The van der Waals surface area contributed by atoms with Gasteiger partial charge in [-0.05, 0) is 51.0 Å². The van der Waals surface area contributed by atoms with E-state index < -0.39 is 75.1 Å². The van der Waals surface area contributed by atoms with Crippen LogP contribution in [0, 0.1) is 0 Å². The molecule has 0 bridgehead atoms. The van der Waals surface area contributed by atoms with Gasteiger partial charge in [0.05, 0.1) is 49.5 Å². The topological polar surface area (TPSA) is 236 Å². The second-order valence-corrected chi connectivity index (χ2v) is 18.1. The number of fused-ring (bicyclic) bond motifs is 2. The van der Waals surface area contributed by atoms with Crippen molar-refractivity contribution < 1.29 is 62.9 Å². The molecule has 2 heterocycles. The van der Waals surface area contributed by atoms with E-state index in [0.29, 0.717) is 34.6 Å². The SMILES string of the molecule is CCCOC(=O)c1cccc2c1C(C)(C)C(/C=C/C=C1/N(CCCS(=O)(=O)O)c3cc(S(=O)(=O)O)cc(C(=O)O)c3C1(C)C)=[N+]2CCCS(=O)(=O)[O-]. The Labute approximate surface area is 303 Å². The monoisotopic (exact) mass is 782 g/mol. The lowest BCUT2D eigenvalue weighted by Crippen LogP contribution is -2.30. The molecule has 0 saturated heterocycles. The normalized spacial score (nSPS) is 17.5. The van der Waals surface area contributed by atoms with Gasteiger partial charge in [0, 0.05) is 53.2 Å². The number of benzene rings is 2. The fraction of sp³-hybridized carbons (Fsp3) is 0.441. The first-order valence-electron chi connectivity index (χ1n) is 16.3. The number of carbonyl (C=O) groups is 2. The van der Waals surface area contributed by atoms with Gasteiger partial charge in [-0.3, -0.25) is 9.11 Å². The van der Waals surface area contributed by atoms with E-state index in [4.69, 9.17) is 4.74 Å². The van der Waals surface area contributed by atoms with Gasteiger partial charge in [0.1, 0.15) is 6.54 Å². The fourth-order valence-corrected chi connectivity index (χ4v) is 8.46. The van der Waals surface area contributed by atoms with Crippen LogP contribution in [0.4, 0.5) is 11.4 Å². The summed E-state index contributed by atoms with van der Waals surface area (Å²) in [5.41, 5.74) is 0.496. The smallest absolute Gasteiger partial charge is 0.338 e. The van der Waals surface area contributed by atoms with Gasteiger partial charge < -0.3 is 19.3 Å². The molecule has 2 aliphatic heterocycles. The standard InChI is InChI=1S/C34H42N2O13S3/c1-6-17-49-32(39)23-11-7-12-25-29(23)33(2,3)27(35(25)15-9-18-50(40,41)42)13-8-14-28-34(4,5)30-24(31(37)38)20-22(52(46,47)48)21-26(30)36(28)16-10-19-51(43,44)45/h7-8,11-14,20-21H,6,9-10,15-19H2,1-5H3,(H3-,37,38,40,41,42,43,44,45,46,47,48). The van der Waals surface area contributed by atoms with Crippen LogP contribution < -0.4 is 4.90 Å². The summed E-state index contributed by atoms with van der Waals surface area (Å²) < 4.78 is 108. The van der Waals surface area contributed by atoms with Crippen molar-refractivity contribution in [3.05, 3.63) is 76.5 Å². The summed E-state index contributed by atoms with van der Waals surface area (Å²) >= 11 is 0. The van der Waals surface area contributed by atoms with E-state index in [1.54, 1.807) is 50.3 Å². The van der Waals surface area contributed by atoms with Crippen molar-refractivity contribution in [3.8, 4) is 0 Å². The molecule has 0 aromatic heterocycles. The predicted molar refractivity (Wildman–Crippen MR) is 191 cm³/mol. The second-order valence-electron chi connectivity index (χ2n) is 13.6. The van der Waals surface area contributed by atoms with Crippen LogP contribution in [0.1, 0.15) is 85.7 Å². The molecule has 2 aliphatic rings. The lowest BCUT2D eigenvalue weighted by Gasteiger charge is -2.27. The minimum atomic E-state index is -4.87. The van der Waals surface area contributed by atoms with Crippen LogP contribution in [-0.2, 0) is 45.9 Å². The minimum absolute atomic E-state index is 0.0256. The highest BCUT2D eigenvalue weighted by atomic mass is 32.2. The summed E-state index contributed by atoms with van der Waals surface area (Å²) in [6.45, 7) is 9.18. The Hall–Kier alpha value is -3.94. The molecule has 0 amide bonds. The lowest BCUT2D eigenvalue weighted by atomic mass is 9.78. The third kappa shape index (κ3) is 8.64. The summed E-state index contributed by atoms with van der Waals surface area (Å²) in [6.07, 6.45) is 5.43. The van der Waals surface area contributed by atoms with Crippen LogP contribution in [0.5, 0.6) is 0 Å². The Morgan fingerprint density at radius 3 is 2.19 bits per heavy atom. The van der Waals surface area contributed by atoms with Gasteiger partial charge in [0.2, 0.25) is 5.69 Å². The molecule has 0 atom stereocenters. The molecule has 3 N–H and O–H groups in total. The van der Waals surface area contributed by atoms with E-state index in [0.717, 1.165) is 12.1 Å². The van der Waals surface area contributed by atoms with E-state index in [-0.39, 0.29) is 43.8 Å². The number of esters is 1. The molecule has 2 aromatic rings. The third-order valence-corrected chi connectivity index (χ3v) is 11.5. The zero-order chi connectivity index (χ0) is 39.0. The molecule has 18 heteroatoms. The first kappa shape index (κ1) is 40.8. The minimum Gasteiger partial charge on any atom is -0.748 e. The number of ether oxygens (including phenoxy) is 1. The van der Waals surface area contributed by atoms with Gasteiger partial charge in [-0.25, -0.2) is 18.0 Å². The van der Waals surface area contributed by atoms with E-state index >= 15 is 0 Å². The van der Waals surface area contributed by atoms with Gasteiger partial charge in [0.15, 0.2) is 5.71 Å². The van der Waals surface area contributed by atoms with Crippen LogP contribution in [0.15, 0.2) is 59.2 Å². The zero-order valence-corrected chi connectivity index (χ0v) is 31.8. The van der Waals surface area contributed by atoms with Crippen LogP contribution >= 0.6 is 0 Å². The molecule has 4 rings (SSSR count). The Morgan fingerprint density at radius 2 is 1.62 bits per heavy atom. The van der Waals surface area contributed by atoms with Gasteiger partial charge >= 0.3 is 11.9 Å². The quantitative estimate of drug-likeness (QED) is 0.132. The maximum atomic E-state index is 13.2. The average Bonchev–Trinajstić information content (AvgIpc) is 3.36. The van der Waals surface area contributed by atoms with Crippen molar-refractivity contribution in [1.29, 1.82) is 0 Å². The zero-order valence-electron chi connectivity index (χ0n) is 29.3. The molecule has 2 aromatic carbocycles. The summed E-state index contributed by atoms with van der Waals surface area (Å²) in [4.78, 5) is 26.5. The van der Waals surface area contributed by atoms with E-state index in [9.17, 15) is 53.6 Å².